The van der Waals surface area contributed by atoms with Gasteiger partial charge in [0.15, 0.2) is 0 Å². The zero-order chi connectivity index (χ0) is 18.0. The van der Waals surface area contributed by atoms with Crippen molar-refractivity contribution in [1.82, 2.24) is 19.6 Å². The summed E-state index contributed by atoms with van der Waals surface area (Å²) in [5, 5.41) is 12.5. The summed E-state index contributed by atoms with van der Waals surface area (Å²) in [6.07, 6.45) is -0.400. The van der Waals surface area contributed by atoms with Gasteiger partial charge >= 0.3 is 0 Å². The van der Waals surface area contributed by atoms with Crippen LogP contribution < -0.4 is 11.1 Å². The average molecular weight is 346 g/mol. The third-order valence-corrected chi connectivity index (χ3v) is 4.42. The van der Waals surface area contributed by atoms with Gasteiger partial charge in [0.05, 0.1) is 16.9 Å². The van der Waals surface area contributed by atoms with E-state index in [9.17, 15) is 19.5 Å². The van der Waals surface area contributed by atoms with Crippen molar-refractivity contribution in [1.29, 1.82) is 0 Å². The van der Waals surface area contributed by atoms with Gasteiger partial charge in [0.25, 0.3) is 11.1 Å². The normalized spacial score (nSPS) is 17.0. The fourth-order valence-electron chi connectivity index (χ4n) is 3.15. The molecule has 0 saturated carbocycles. The monoisotopic (exact) mass is 346 g/mol. The number of β-amino-alcohol motifs (C(OH)–C–C–N with tert-alkyl or cyclic N) is 1. The molecule has 8 heteroatoms. The highest BCUT2D eigenvalue weighted by atomic mass is 16.3. The van der Waals surface area contributed by atoms with Crippen molar-refractivity contribution in [3.63, 3.8) is 0 Å². The summed E-state index contributed by atoms with van der Waals surface area (Å²) in [5.41, 5.74) is -0.763. The molecule has 0 radical (unpaired) electrons. The van der Waals surface area contributed by atoms with Gasteiger partial charge in [-0.3, -0.25) is 24.4 Å². The number of hydrogen-bond acceptors (Lipinski definition) is 5. The Bertz CT molecular complexity index is 878. The Morgan fingerprint density at radius 1 is 1.16 bits per heavy atom. The Balaban J connectivity index is 1.72. The minimum Gasteiger partial charge on any atom is -0.392 e. The van der Waals surface area contributed by atoms with Crippen LogP contribution in [-0.2, 0) is 11.3 Å². The third kappa shape index (κ3) is 3.80. The number of aromatic amines is 1. The zero-order valence-corrected chi connectivity index (χ0v) is 14.1. The summed E-state index contributed by atoms with van der Waals surface area (Å²) < 4.78 is 1.08. The molecular weight excluding hydrogens is 324 g/mol. The largest absolute Gasteiger partial charge is 0.392 e. The van der Waals surface area contributed by atoms with Crippen LogP contribution in [0, 0.1) is 0 Å². The van der Waals surface area contributed by atoms with E-state index in [1.807, 2.05) is 0 Å². The average Bonchev–Trinajstić information content (AvgIpc) is 2.59. The van der Waals surface area contributed by atoms with Gasteiger partial charge in [-0.2, -0.15) is 0 Å². The standard InChI is InChI=1S/C17H22N4O4/c1-12(22)10-19-6-8-20(9-7-19)15(23)11-21-17(25)14-5-3-2-4-13(14)16(24)18-21/h2-5,12,22H,6-11H2,1H3,(H,18,24)/t12-/m1/s1. The number of carbonyl (C=O) groups is 1. The van der Waals surface area contributed by atoms with E-state index in [0.29, 0.717) is 43.5 Å². The van der Waals surface area contributed by atoms with Crippen LogP contribution in [0.5, 0.6) is 0 Å². The van der Waals surface area contributed by atoms with Crippen molar-refractivity contribution in [3.05, 3.63) is 45.0 Å². The molecule has 0 bridgehead atoms. The van der Waals surface area contributed by atoms with Crippen LogP contribution in [0.15, 0.2) is 33.9 Å². The Hall–Kier alpha value is -2.45. The van der Waals surface area contributed by atoms with Crippen LogP contribution in [0.4, 0.5) is 0 Å². The first-order valence-corrected chi connectivity index (χ1v) is 8.36. The maximum atomic E-state index is 12.5. The summed E-state index contributed by atoms with van der Waals surface area (Å²) in [6.45, 7) is 4.57. The lowest BCUT2D eigenvalue weighted by Gasteiger charge is -2.35. The van der Waals surface area contributed by atoms with Crippen LogP contribution in [-0.4, -0.2) is 69.4 Å². The maximum absolute atomic E-state index is 12.5. The number of hydrogen-bond donors (Lipinski definition) is 2. The van der Waals surface area contributed by atoms with Crippen LogP contribution in [0.25, 0.3) is 10.8 Å². The number of nitrogens with zero attached hydrogens (tertiary/aromatic N) is 3. The second kappa shape index (κ2) is 7.20. The molecule has 0 aliphatic carbocycles. The highest BCUT2D eigenvalue weighted by Gasteiger charge is 2.22. The molecule has 25 heavy (non-hydrogen) atoms. The molecule has 1 aliphatic heterocycles. The quantitative estimate of drug-likeness (QED) is 0.756. The number of aromatic nitrogens is 2. The summed E-state index contributed by atoms with van der Waals surface area (Å²) in [5.74, 6) is -0.204. The lowest BCUT2D eigenvalue weighted by atomic mass is 10.2. The summed E-state index contributed by atoms with van der Waals surface area (Å²) >= 11 is 0. The van der Waals surface area contributed by atoms with Gasteiger partial charge in [-0.05, 0) is 19.1 Å². The number of fused-ring (bicyclic) bond motifs is 1. The fourth-order valence-corrected chi connectivity index (χ4v) is 3.15. The van der Waals surface area contributed by atoms with Crippen LogP contribution >= 0.6 is 0 Å². The molecule has 1 aromatic heterocycles. The van der Waals surface area contributed by atoms with Crippen molar-refractivity contribution in [2.24, 2.45) is 0 Å². The highest BCUT2D eigenvalue weighted by molar-refractivity contribution is 5.81. The van der Waals surface area contributed by atoms with Crippen LogP contribution in [0.1, 0.15) is 6.92 Å². The van der Waals surface area contributed by atoms with Gasteiger partial charge in [-0.1, -0.05) is 12.1 Å². The van der Waals surface area contributed by atoms with E-state index in [0.717, 1.165) is 4.68 Å². The van der Waals surface area contributed by atoms with E-state index < -0.39 is 6.10 Å². The molecule has 1 fully saturated rings. The second-order valence-corrected chi connectivity index (χ2v) is 6.41. The molecule has 8 nitrogen and oxygen atoms in total. The van der Waals surface area contributed by atoms with Crippen LogP contribution in [0.2, 0.25) is 0 Å². The minimum absolute atomic E-state index is 0.185. The van der Waals surface area contributed by atoms with Gasteiger partial charge in [0, 0.05) is 32.7 Å². The Morgan fingerprint density at radius 2 is 1.80 bits per heavy atom. The van der Waals surface area contributed by atoms with E-state index in [1.54, 1.807) is 36.1 Å². The Morgan fingerprint density at radius 3 is 2.44 bits per heavy atom. The van der Waals surface area contributed by atoms with Crippen molar-refractivity contribution in [3.8, 4) is 0 Å². The minimum atomic E-state index is -0.400. The van der Waals surface area contributed by atoms with Gasteiger partial charge in [-0.25, -0.2) is 4.68 Å². The molecule has 1 aliphatic rings. The SMILES string of the molecule is C[C@@H](O)CN1CCN(C(=O)Cn2[nH]c(=O)c3ccccc3c2=O)CC1. The lowest BCUT2D eigenvalue weighted by molar-refractivity contribution is -0.134. The van der Waals surface area contributed by atoms with Crippen molar-refractivity contribution < 1.29 is 9.90 Å². The summed E-state index contributed by atoms with van der Waals surface area (Å²) in [4.78, 5) is 40.8. The first-order chi connectivity index (χ1) is 12.0. The fraction of sp³-hybridized carbons (Fsp3) is 0.471. The predicted octanol–water partition coefficient (Wildman–Crippen LogP) is -0.785. The van der Waals surface area contributed by atoms with E-state index in [2.05, 4.69) is 10.00 Å². The van der Waals surface area contributed by atoms with Crippen LogP contribution in [0.3, 0.4) is 0 Å². The predicted molar refractivity (Wildman–Crippen MR) is 93.5 cm³/mol. The summed E-state index contributed by atoms with van der Waals surface area (Å²) in [6, 6.07) is 6.56. The molecule has 1 aromatic carbocycles. The number of nitrogens with one attached hydrogen (secondary N) is 1. The number of aliphatic hydroxyl groups excluding tert-OH is 1. The molecule has 134 valence electrons. The number of amides is 1. The maximum Gasteiger partial charge on any atom is 0.273 e. The molecule has 1 amide bonds. The molecule has 1 atom stereocenters. The van der Waals surface area contributed by atoms with Crippen molar-refractivity contribution in [2.75, 3.05) is 32.7 Å². The van der Waals surface area contributed by atoms with Gasteiger partial charge in [-0.15, -0.1) is 0 Å². The Labute approximate surface area is 144 Å². The first-order valence-electron chi connectivity index (χ1n) is 8.36. The Kier molecular flexibility index (Phi) is 5.00. The number of piperazine rings is 1. The van der Waals surface area contributed by atoms with Gasteiger partial charge in [0.2, 0.25) is 5.91 Å². The molecule has 2 heterocycles. The number of benzene rings is 1. The van der Waals surface area contributed by atoms with Gasteiger partial charge < -0.3 is 10.0 Å². The molecule has 3 rings (SSSR count). The molecule has 0 spiro atoms. The first kappa shape index (κ1) is 17.4. The molecule has 0 unspecified atom stereocenters. The smallest absolute Gasteiger partial charge is 0.273 e. The molecule has 1 saturated heterocycles. The van der Waals surface area contributed by atoms with E-state index in [4.69, 9.17) is 0 Å². The molecule has 2 aromatic rings. The summed E-state index contributed by atoms with van der Waals surface area (Å²) in [7, 11) is 0. The third-order valence-electron chi connectivity index (χ3n) is 4.42. The van der Waals surface area contributed by atoms with E-state index in [1.165, 1.54) is 0 Å². The van der Waals surface area contributed by atoms with E-state index in [-0.39, 0.29) is 23.6 Å². The highest BCUT2D eigenvalue weighted by Crippen LogP contribution is 2.05. The second-order valence-electron chi connectivity index (χ2n) is 6.41. The van der Waals surface area contributed by atoms with Crippen molar-refractivity contribution >= 4 is 16.7 Å². The van der Waals surface area contributed by atoms with E-state index >= 15 is 0 Å². The van der Waals surface area contributed by atoms with Gasteiger partial charge in [0.1, 0.15) is 6.54 Å². The lowest BCUT2D eigenvalue weighted by Crippen LogP contribution is -2.51. The zero-order valence-electron chi connectivity index (χ0n) is 14.1. The van der Waals surface area contributed by atoms with Crippen molar-refractivity contribution in [2.45, 2.75) is 19.6 Å². The number of rotatable bonds is 4. The topological polar surface area (TPSA) is 98.6 Å². The molecule has 2 N–H and O–H groups in total. The number of carbonyl (C=O) groups excluding carboxylic acids is 1. The number of H-pyrrole nitrogens is 1. The molecular formula is C17H22N4O4. The number of aliphatic hydroxyl groups is 1.